The van der Waals surface area contributed by atoms with Crippen molar-refractivity contribution in [2.45, 2.75) is 88.5 Å². The Labute approximate surface area is 171 Å². The normalized spacial score (nSPS) is 28.7. The van der Waals surface area contributed by atoms with Crippen LogP contribution in [0.25, 0.3) is 0 Å². The van der Waals surface area contributed by atoms with Gasteiger partial charge in [-0.05, 0) is 33.6 Å². The lowest BCUT2D eigenvalue weighted by molar-refractivity contribution is -0.111. The third-order valence-electron chi connectivity index (χ3n) is 4.23. The van der Waals surface area contributed by atoms with E-state index in [9.17, 15) is 10.2 Å². The number of rotatable bonds is 6. The summed E-state index contributed by atoms with van der Waals surface area (Å²) >= 11 is 0. The zero-order chi connectivity index (χ0) is 23.1. The van der Waals surface area contributed by atoms with Gasteiger partial charge in [-0.15, -0.1) is 0 Å². The SMILES string of the molecule is CC(O)C(O)CO.COC(C(C)O)C(O)C(C)O.OC1CCOCCC(O)C1O. The summed E-state index contributed by atoms with van der Waals surface area (Å²) in [5.41, 5.74) is 0. The first-order valence-electron chi connectivity index (χ1n) is 9.56. The van der Waals surface area contributed by atoms with Crippen LogP contribution in [0.4, 0.5) is 0 Å². The summed E-state index contributed by atoms with van der Waals surface area (Å²) in [6.45, 7) is 4.88. The molecule has 178 valence electrons. The molecule has 0 aromatic carbocycles. The summed E-state index contributed by atoms with van der Waals surface area (Å²) < 4.78 is 9.81. The summed E-state index contributed by atoms with van der Waals surface area (Å²) in [5.74, 6) is 0. The third kappa shape index (κ3) is 14.2. The first-order chi connectivity index (χ1) is 13.4. The molecule has 0 spiro atoms. The van der Waals surface area contributed by atoms with E-state index in [1.807, 2.05) is 0 Å². The van der Waals surface area contributed by atoms with Gasteiger partial charge in [-0.25, -0.2) is 0 Å². The first kappa shape index (κ1) is 30.8. The van der Waals surface area contributed by atoms with E-state index in [1.54, 1.807) is 0 Å². The smallest absolute Gasteiger partial charge is 0.111 e. The van der Waals surface area contributed by atoms with E-state index < -0.39 is 54.9 Å². The molecule has 0 bridgehead atoms. The molecule has 0 amide bonds. The molecule has 1 rings (SSSR count). The van der Waals surface area contributed by atoms with Gasteiger partial charge in [0.2, 0.25) is 0 Å². The van der Waals surface area contributed by atoms with Crippen molar-refractivity contribution in [2.75, 3.05) is 26.9 Å². The molecule has 8 unspecified atom stereocenters. The zero-order valence-electron chi connectivity index (χ0n) is 17.6. The number of methoxy groups -OCH3 is 1. The van der Waals surface area contributed by atoms with Crippen LogP contribution in [-0.2, 0) is 9.47 Å². The van der Waals surface area contributed by atoms with Crippen LogP contribution in [0, 0.1) is 0 Å². The lowest BCUT2D eigenvalue weighted by atomic mass is 10.0. The summed E-state index contributed by atoms with van der Waals surface area (Å²) in [5, 5.41) is 79.7. The van der Waals surface area contributed by atoms with Crippen LogP contribution >= 0.6 is 0 Å². The minimum atomic E-state index is -1.04. The minimum Gasteiger partial charge on any atom is -0.394 e. The Morgan fingerprint density at radius 1 is 0.828 bits per heavy atom. The van der Waals surface area contributed by atoms with Crippen molar-refractivity contribution >= 4 is 0 Å². The molecule has 0 aromatic rings. The number of aliphatic hydroxyl groups excluding tert-OH is 9. The van der Waals surface area contributed by atoms with Crippen molar-refractivity contribution in [3.05, 3.63) is 0 Å². The maximum atomic E-state index is 9.22. The summed E-state index contributed by atoms with van der Waals surface area (Å²) in [7, 11) is 1.38. The van der Waals surface area contributed by atoms with E-state index in [0.717, 1.165) is 0 Å². The van der Waals surface area contributed by atoms with Gasteiger partial charge in [0.1, 0.15) is 24.4 Å². The Morgan fingerprint density at radius 2 is 1.28 bits per heavy atom. The quantitative estimate of drug-likeness (QED) is 0.204. The Balaban J connectivity index is 0. The Morgan fingerprint density at radius 3 is 1.48 bits per heavy atom. The van der Waals surface area contributed by atoms with Gasteiger partial charge in [0, 0.05) is 20.3 Å². The largest absolute Gasteiger partial charge is 0.394 e. The van der Waals surface area contributed by atoms with Crippen LogP contribution in [0.15, 0.2) is 0 Å². The van der Waals surface area contributed by atoms with Crippen LogP contribution in [-0.4, -0.2) is 128 Å². The molecule has 1 fully saturated rings. The maximum absolute atomic E-state index is 9.22. The second-order valence-electron chi connectivity index (χ2n) is 6.98. The van der Waals surface area contributed by atoms with Gasteiger partial charge >= 0.3 is 0 Å². The van der Waals surface area contributed by atoms with Crippen molar-refractivity contribution < 1.29 is 55.4 Å². The highest BCUT2D eigenvalue weighted by atomic mass is 16.5. The van der Waals surface area contributed by atoms with Crippen molar-refractivity contribution in [1.82, 2.24) is 0 Å². The lowest BCUT2D eigenvalue weighted by Crippen LogP contribution is -2.43. The van der Waals surface area contributed by atoms with Crippen molar-refractivity contribution in [1.29, 1.82) is 0 Å². The number of hydrogen-bond acceptors (Lipinski definition) is 11. The van der Waals surface area contributed by atoms with Gasteiger partial charge in [0.15, 0.2) is 0 Å². The molecule has 1 saturated heterocycles. The predicted molar refractivity (Wildman–Crippen MR) is 103 cm³/mol. The monoisotopic (exact) mass is 432 g/mol. The second-order valence-corrected chi connectivity index (χ2v) is 6.98. The van der Waals surface area contributed by atoms with Gasteiger partial charge in [-0.1, -0.05) is 0 Å². The highest BCUT2D eigenvalue weighted by Crippen LogP contribution is 2.10. The van der Waals surface area contributed by atoms with E-state index in [0.29, 0.717) is 26.1 Å². The van der Waals surface area contributed by atoms with Gasteiger partial charge in [0.25, 0.3) is 0 Å². The number of hydrogen-bond donors (Lipinski definition) is 9. The van der Waals surface area contributed by atoms with E-state index in [4.69, 9.17) is 45.2 Å². The topological polar surface area (TPSA) is 201 Å². The van der Waals surface area contributed by atoms with E-state index in [2.05, 4.69) is 0 Å². The molecule has 0 aromatic heterocycles. The highest BCUT2D eigenvalue weighted by Gasteiger charge is 2.27. The maximum Gasteiger partial charge on any atom is 0.111 e. The summed E-state index contributed by atoms with van der Waals surface area (Å²) in [6.07, 6.45) is -7.22. The van der Waals surface area contributed by atoms with Crippen LogP contribution in [0.3, 0.4) is 0 Å². The molecular weight excluding hydrogens is 392 g/mol. The van der Waals surface area contributed by atoms with Crippen molar-refractivity contribution in [3.8, 4) is 0 Å². The van der Waals surface area contributed by atoms with E-state index in [1.165, 1.54) is 27.9 Å². The minimum absolute atomic E-state index is 0.377. The molecule has 11 heteroatoms. The second kappa shape index (κ2) is 17.3. The van der Waals surface area contributed by atoms with E-state index in [-0.39, 0.29) is 6.61 Å². The molecule has 1 aliphatic heterocycles. The standard InChI is InChI=1S/C7H14O4.C7H16O4.C4H10O3/c8-5-1-3-11-4-2-6(9)7(5)10;1-4(8)6(10)7(11-3)5(2)9;1-3(6)4(7)2-5/h5-10H,1-4H2;4-10H,1-3H3;3-7H,2H2,1H3. The summed E-state index contributed by atoms with van der Waals surface area (Å²) in [6, 6.07) is 0. The lowest BCUT2D eigenvalue weighted by Gasteiger charge is -2.25. The Bertz CT molecular complexity index is 356. The van der Waals surface area contributed by atoms with Gasteiger partial charge in [0.05, 0.1) is 37.1 Å². The molecule has 0 radical (unpaired) electrons. The molecule has 8 atom stereocenters. The predicted octanol–water partition coefficient (Wildman–Crippen LogP) is -3.28. The van der Waals surface area contributed by atoms with Crippen molar-refractivity contribution in [3.63, 3.8) is 0 Å². The first-order valence-corrected chi connectivity index (χ1v) is 9.56. The Hall–Kier alpha value is -0.440. The van der Waals surface area contributed by atoms with Crippen LogP contribution in [0.2, 0.25) is 0 Å². The molecule has 1 heterocycles. The molecular formula is C18H40O11. The fourth-order valence-electron chi connectivity index (χ4n) is 2.16. The van der Waals surface area contributed by atoms with Crippen LogP contribution < -0.4 is 0 Å². The molecule has 11 nitrogen and oxygen atoms in total. The molecule has 29 heavy (non-hydrogen) atoms. The van der Waals surface area contributed by atoms with E-state index >= 15 is 0 Å². The van der Waals surface area contributed by atoms with Crippen LogP contribution in [0.1, 0.15) is 33.6 Å². The van der Waals surface area contributed by atoms with Crippen LogP contribution in [0.5, 0.6) is 0 Å². The number of aliphatic hydroxyl groups is 9. The fraction of sp³-hybridized carbons (Fsp3) is 1.00. The average molecular weight is 433 g/mol. The molecule has 0 saturated carbocycles. The van der Waals surface area contributed by atoms with Gasteiger partial charge < -0.3 is 55.4 Å². The molecule has 9 N–H and O–H groups in total. The summed E-state index contributed by atoms with van der Waals surface area (Å²) in [4.78, 5) is 0. The van der Waals surface area contributed by atoms with Crippen molar-refractivity contribution in [2.24, 2.45) is 0 Å². The van der Waals surface area contributed by atoms with Gasteiger partial charge in [-0.2, -0.15) is 0 Å². The average Bonchev–Trinajstić information content (AvgIpc) is 2.66. The third-order valence-corrected chi connectivity index (χ3v) is 4.23. The zero-order valence-corrected chi connectivity index (χ0v) is 17.6. The highest BCUT2D eigenvalue weighted by molar-refractivity contribution is 4.77. The van der Waals surface area contributed by atoms with Gasteiger partial charge in [-0.3, -0.25) is 0 Å². The fourth-order valence-corrected chi connectivity index (χ4v) is 2.16. The Kier molecular flexibility index (Phi) is 18.3. The molecule has 1 aliphatic rings. The number of ether oxygens (including phenoxy) is 2. The molecule has 0 aliphatic carbocycles.